The zero-order chi connectivity index (χ0) is 16.7. The number of halogens is 1. The lowest BCUT2D eigenvalue weighted by Crippen LogP contribution is -2.24. The van der Waals surface area contributed by atoms with E-state index < -0.39 is 0 Å². The number of ketones is 1. The average molecular weight is 395 g/mol. The molecule has 2 rings (SSSR count). The maximum absolute atomic E-state index is 12.5. The van der Waals surface area contributed by atoms with Crippen LogP contribution in [0.5, 0.6) is 0 Å². The summed E-state index contributed by atoms with van der Waals surface area (Å²) in [6.07, 6.45) is 9.73. The maximum atomic E-state index is 12.5. The standard InChI is InChI=1S/C19H23BrO2S/c1-14(20)18(15-6-4-3-5-7-15)12-13-19(21)16-8-10-17(11-9-16)22-23-2/h3-7,12-13,16-17H,8-11H2,1-2H3/b13-12+,18-14+. The topological polar surface area (TPSA) is 26.3 Å². The Morgan fingerprint density at radius 1 is 1.17 bits per heavy atom. The summed E-state index contributed by atoms with van der Waals surface area (Å²) in [7, 11) is 0. The second kappa shape index (κ2) is 9.45. The van der Waals surface area contributed by atoms with Gasteiger partial charge in [0.15, 0.2) is 5.78 Å². The van der Waals surface area contributed by atoms with E-state index in [0.29, 0.717) is 6.10 Å². The molecular weight excluding hydrogens is 372 g/mol. The van der Waals surface area contributed by atoms with Gasteiger partial charge in [-0.2, -0.15) is 0 Å². The predicted octanol–water partition coefficient (Wildman–Crippen LogP) is 5.79. The van der Waals surface area contributed by atoms with Crippen LogP contribution in [0.15, 0.2) is 47.0 Å². The highest BCUT2D eigenvalue weighted by molar-refractivity contribution is 9.11. The molecule has 2 nitrogen and oxygen atoms in total. The van der Waals surface area contributed by atoms with Crippen LogP contribution in [0.4, 0.5) is 0 Å². The highest BCUT2D eigenvalue weighted by atomic mass is 79.9. The lowest BCUT2D eigenvalue weighted by Gasteiger charge is -2.25. The van der Waals surface area contributed by atoms with E-state index in [1.807, 2.05) is 37.5 Å². The Morgan fingerprint density at radius 2 is 1.83 bits per heavy atom. The van der Waals surface area contributed by atoms with Gasteiger partial charge < -0.3 is 4.18 Å². The minimum Gasteiger partial charge on any atom is -0.312 e. The average Bonchev–Trinajstić information content (AvgIpc) is 2.56. The van der Waals surface area contributed by atoms with Gasteiger partial charge in [-0.15, -0.1) is 0 Å². The Hall–Kier alpha value is -0.840. The molecule has 1 aliphatic rings. The summed E-state index contributed by atoms with van der Waals surface area (Å²) in [4.78, 5) is 12.5. The van der Waals surface area contributed by atoms with Gasteiger partial charge in [0.05, 0.1) is 6.10 Å². The van der Waals surface area contributed by atoms with Gasteiger partial charge in [-0.25, -0.2) is 0 Å². The molecule has 124 valence electrons. The SMILES string of the molecule is CSOC1CCC(C(=O)/C=C/C(=C(/C)Br)c2ccccc2)CC1. The van der Waals surface area contributed by atoms with Gasteiger partial charge >= 0.3 is 0 Å². The molecule has 0 heterocycles. The summed E-state index contributed by atoms with van der Waals surface area (Å²) in [6.45, 7) is 2.00. The summed E-state index contributed by atoms with van der Waals surface area (Å²) in [6, 6.07) is 10.1. The van der Waals surface area contributed by atoms with Gasteiger partial charge in [0.1, 0.15) is 0 Å². The highest BCUT2D eigenvalue weighted by Crippen LogP contribution is 2.29. The first-order valence-electron chi connectivity index (χ1n) is 7.95. The Bertz CT molecular complexity index is 568. The second-order valence-electron chi connectivity index (χ2n) is 5.79. The van der Waals surface area contributed by atoms with Crippen LogP contribution in [0.25, 0.3) is 5.57 Å². The van der Waals surface area contributed by atoms with Gasteiger partial charge in [0, 0.05) is 12.2 Å². The lowest BCUT2D eigenvalue weighted by atomic mass is 9.84. The number of benzene rings is 1. The molecule has 0 unspecified atom stereocenters. The zero-order valence-electron chi connectivity index (χ0n) is 13.6. The first-order valence-corrected chi connectivity index (χ1v) is 9.89. The normalized spacial score (nSPS) is 22.9. The van der Waals surface area contributed by atoms with Crippen LogP contribution in [0.3, 0.4) is 0 Å². The number of hydrogen-bond donors (Lipinski definition) is 0. The molecule has 0 spiro atoms. The van der Waals surface area contributed by atoms with E-state index in [1.54, 1.807) is 6.08 Å². The van der Waals surface area contributed by atoms with Gasteiger partial charge in [-0.3, -0.25) is 4.79 Å². The largest absolute Gasteiger partial charge is 0.312 e. The van der Waals surface area contributed by atoms with E-state index >= 15 is 0 Å². The molecule has 0 saturated heterocycles. The fraction of sp³-hybridized carbons (Fsp3) is 0.421. The third-order valence-electron chi connectivity index (χ3n) is 4.18. The fourth-order valence-electron chi connectivity index (χ4n) is 2.91. The lowest BCUT2D eigenvalue weighted by molar-refractivity contribution is -0.119. The first kappa shape index (κ1) is 18.5. The number of allylic oxidation sites excluding steroid dienone is 4. The van der Waals surface area contributed by atoms with Crippen molar-refractivity contribution in [1.82, 2.24) is 0 Å². The van der Waals surface area contributed by atoms with Gasteiger partial charge in [-0.05, 0) is 66.3 Å². The van der Waals surface area contributed by atoms with Crippen molar-refractivity contribution in [3.05, 3.63) is 52.5 Å². The van der Waals surface area contributed by atoms with Crippen molar-refractivity contribution in [3.63, 3.8) is 0 Å². The molecule has 0 radical (unpaired) electrons. The molecule has 1 aliphatic carbocycles. The summed E-state index contributed by atoms with van der Waals surface area (Å²) in [5, 5.41) is 0. The van der Waals surface area contributed by atoms with Crippen molar-refractivity contribution in [2.75, 3.05) is 6.26 Å². The highest BCUT2D eigenvalue weighted by Gasteiger charge is 2.25. The Kier molecular flexibility index (Phi) is 7.60. The van der Waals surface area contributed by atoms with Crippen LogP contribution in [-0.4, -0.2) is 18.1 Å². The number of carbonyl (C=O) groups is 1. The molecule has 4 heteroatoms. The van der Waals surface area contributed by atoms with Crippen molar-refractivity contribution >= 4 is 39.3 Å². The molecule has 1 fully saturated rings. The Balaban J connectivity index is 1.99. The quantitative estimate of drug-likeness (QED) is 0.346. The van der Waals surface area contributed by atoms with E-state index in [2.05, 4.69) is 28.1 Å². The molecule has 0 bridgehead atoms. The van der Waals surface area contributed by atoms with E-state index in [0.717, 1.165) is 41.3 Å². The maximum Gasteiger partial charge on any atom is 0.158 e. The van der Waals surface area contributed by atoms with E-state index in [4.69, 9.17) is 4.18 Å². The van der Waals surface area contributed by atoms with E-state index in [1.165, 1.54) is 12.0 Å². The monoisotopic (exact) mass is 394 g/mol. The third kappa shape index (κ3) is 5.63. The molecule has 1 aromatic carbocycles. The van der Waals surface area contributed by atoms with Crippen LogP contribution in [0.1, 0.15) is 38.2 Å². The predicted molar refractivity (Wildman–Crippen MR) is 102 cm³/mol. The fourth-order valence-corrected chi connectivity index (χ4v) is 3.73. The summed E-state index contributed by atoms with van der Waals surface area (Å²) < 4.78 is 6.60. The molecule has 1 aromatic rings. The molecule has 0 amide bonds. The van der Waals surface area contributed by atoms with Crippen LogP contribution < -0.4 is 0 Å². The molecule has 1 saturated carbocycles. The molecular formula is C19H23BrO2S. The van der Waals surface area contributed by atoms with Gasteiger partial charge in [-0.1, -0.05) is 52.3 Å². The zero-order valence-corrected chi connectivity index (χ0v) is 16.0. The smallest absolute Gasteiger partial charge is 0.158 e. The van der Waals surface area contributed by atoms with Crippen molar-refractivity contribution in [1.29, 1.82) is 0 Å². The van der Waals surface area contributed by atoms with Gasteiger partial charge in [0.25, 0.3) is 0 Å². The van der Waals surface area contributed by atoms with E-state index in [-0.39, 0.29) is 11.7 Å². The van der Waals surface area contributed by atoms with Crippen molar-refractivity contribution in [2.45, 2.75) is 38.7 Å². The summed E-state index contributed by atoms with van der Waals surface area (Å²) >= 11 is 4.97. The molecule has 0 N–H and O–H groups in total. The number of hydrogen-bond acceptors (Lipinski definition) is 3. The van der Waals surface area contributed by atoms with Crippen LogP contribution in [0.2, 0.25) is 0 Å². The first-order chi connectivity index (χ1) is 11.1. The minimum absolute atomic E-state index is 0.139. The molecule has 0 aliphatic heterocycles. The van der Waals surface area contributed by atoms with E-state index in [9.17, 15) is 4.79 Å². The van der Waals surface area contributed by atoms with Crippen LogP contribution in [0, 0.1) is 5.92 Å². The third-order valence-corrected chi connectivity index (χ3v) is 5.07. The number of carbonyl (C=O) groups excluding carboxylic acids is 1. The van der Waals surface area contributed by atoms with Crippen molar-refractivity contribution in [2.24, 2.45) is 5.92 Å². The summed E-state index contributed by atoms with van der Waals surface area (Å²) in [5.41, 5.74) is 2.17. The van der Waals surface area contributed by atoms with Crippen LogP contribution in [-0.2, 0) is 8.98 Å². The molecule has 0 aromatic heterocycles. The van der Waals surface area contributed by atoms with Crippen LogP contribution >= 0.6 is 28.0 Å². The molecule has 0 atom stereocenters. The number of rotatable bonds is 6. The Morgan fingerprint density at radius 3 is 2.39 bits per heavy atom. The van der Waals surface area contributed by atoms with Crippen molar-refractivity contribution < 1.29 is 8.98 Å². The Labute approximate surface area is 151 Å². The second-order valence-corrected chi connectivity index (χ2v) is 7.50. The van der Waals surface area contributed by atoms with Gasteiger partial charge in [0.2, 0.25) is 0 Å². The minimum atomic E-state index is 0.139. The summed E-state index contributed by atoms with van der Waals surface area (Å²) in [5.74, 6) is 0.371. The molecule has 23 heavy (non-hydrogen) atoms. The van der Waals surface area contributed by atoms with Crippen molar-refractivity contribution in [3.8, 4) is 0 Å².